The molecular weight excluding hydrogens is 381 g/mol. The SMILES string of the molecule is Cc1oc(-c2cccs2)nc1CC(=O)NCc1ccccc1OC(F)(F)F. The van der Waals surface area contributed by atoms with E-state index in [4.69, 9.17) is 4.42 Å². The molecule has 0 aliphatic rings. The minimum atomic E-state index is -4.80. The molecule has 1 N–H and O–H groups in total. The number of nitrogens with one attached hydrogen (secondary N) is 1. The lowest BCUT2D eigenvalue weighted by Crippen LogP contribution is -2.26. The summed E-state index contributed by atoms with van der Waals surface area (Å²) in [5, 5.41) is 4.47. The fourth-order valence-electron chi connectivity index (χ4n) is 2.38. The van der Waals surface area contributed by atoms with Crippen molar-refractivity contribution < 1.29 is 27.1 Å². The molecule has 3 aromatic rings. The van der Waals surface area contributed by atoms with Gasteiger partial charge in [-0.25, -0.2) is 4.98 Å². The van der Waals surface area contributed by atoms with E-state index in [2.05, 4.69) is 15.0 Å². The van der Waals surface area contributed by atoms with Gasteiger partial charge in [-0.1, -0.05) is 24.3 Å². The lowest BCUT2D eigenvalue weighted by atomic mass is 10.2. The third-order valence-electron chi connectivity index (χ3n) is 3.63. The van der Waals surface area contributed by atoms with Crippen molar-refractivity contribution in [3.8, 4) is 16.5 Å². The first-order valence-electron chi connectivity index (χ1n) is 7.92. The first-order chi connectivity index (χ1) is 12.8. The molecule has 1 aromatic carbocycles. The molecule has 0 fully saturated rings. The molecule has 0 aliphatic carbocycles. The number of carbonyl (C=O) groups is 1. The van der Waals surface area contributed by atoms with Crippen molar-refractivity contribution in [3.63, 3.8) is 0 Å². The summed E-state index contributed by atoms with van der Waals surface area (Å²) in [5.74, 6) is 0.234. The van der Waals surface area contributed by atoms with Gasteiger partial charge in [0.15, 0.2) is 0 Å². The van der Waals surface area contributed by atoms with Crippen LogP contribution < -0.4 is 10.1 Å². The van der Waals surface area contributed by atoms with Crippen molar-refractivity contribution in [3.05, 3.63) is 58.8 Å². The maximum Gasteiger partial charge on any atom is 0.573 e. The van der Waals surface area contributed by atoms with Crippen molar-refractivity contribution in [2.24, 2.45) is 0 Å². The number of aryl methyl sites for hydroxylation is 1. The van der Waals surface area contributed by atoms with E-state index in [0.717, 1.165) is 4.88 Å². The highest BCUT2D eigenvalue weighted by Gasteiger charge is 2.32. The maximum absolute atomic E-state index is 12.4. The van der Waals surface area contributed by atoms with Crippen LogP contribution in [0.2, 0.25) is 0 Å². The van der Waals surface area contributed by atoms with Gasteiger partial charge >= 0.3 is 6.36 Å². The number of hydrogen-bond acceptors (Lipinski definition) is 5. The number of halogens is 3. The highest BCUT2D eigenvalue weighted by Crippen LogP contribution is 2.27. The number of alkyl halides is 3. The third kappa shape index (κ3) is 5.10. The summed E-state index contributed by atoms with van der Waals surface area (Å²) in [7, 11) is 0. The van der Waals surface area contributed by atoms with Gasteiger partial charge < -0.3 is 14.5 Å². The Labute approximate surface area is 156 Å². The molecule has 2 aromatic heterocycles. The van der Waals surface area contributed by atoms with Crippen LogP contribution in [-0.2, 0) is 17.8 Å². The summed E-state index contributed by atoms with van der Waals surface area (Å²) >= 11 is 1.47. The highest BCUT2D eigenvalue weighted by atomic mass is 32.1. The van der Waals surface area contributed by atoms with E-state index in [1.165, 1.54) is 29.5 Å². The van der Waals surface area contributed by atoms with Crippen LogP contribution in [0.5, 0.6) is 5.75 Å². The lowest BCUT2D eigenvalue weighted by molar-refractivity contribution is -0.274. The first-order valence-corrected chi connectivity index (χ1v) is 8.80. The largest absolute Gasteiger partial charge is 0.573 e. The zero-order chi connectivity index (χ0) is 19.4. The average Bonchev–Trinajstić information content (AvgIpc) is 3.23. The smallest absolute Gasteiger partial charge is 0.440 e. The number of ether oxygens (including phenoxy) is 1. The quantitative estimate of drug-likeness (QED) is 0.668. The molecule has 5 nitrogen and oxygen atoms in total. The van der Waals surface area contributed by atoms with Crippen LogP contribution in [0.25, 0.3) is 10.8 Å². The van der Waals surface area contributed by atoms with Gasteiger partial charge in [0.05, 0.1) is 17.0 Å². The summed E-state index contributed by atoms with van der Waals surface area (Å²) in [6.07, 6.45) is -4.83. The highest BCUT2D eigenvalue weighted by molar-refractivity contribution is 7.13. The Bertz CT molecular complexity index is 920. The van der Waals surface area contributed by atoms with Crippen molar-refractivity contribution in [1.82, 2.24) is 10.3 Å². The number of rotatable bonds is 6. The van der Waals surface area contributed by atoms with Gasteiger partial charge in [-0.15, -0.1) is 24.5 Å². The summed E-state index contributed by atoms with van der Waals surface area (Å²) in [5.41, 5.74) is 0.704. The summed E-state index contributed by atoms with van der Waals surface area (Å²) < 4.78 is 46.9. The third-order valence-corrected chi connectivity index (χ3v) is 4.48. The van der Waals surface area contributed by atoms with Crippen molar-refractivity contribution in [2.75, 3.05) is 0 Å². The lowest BCUT2D eigenvalue weighted by Gasteiger charge is -2.13. The number of para-hydroxylation sites is 1. The molecule has 0 saturated heterocycles. The minimum absolute atomic E-state index is 0.0387. The van der Waals surface area contributed by atoms with Gasteiger partial charge in [0.1, 0.15) is 11.5 Å². The molecular formula is C18H15F3N2O3S. The van der Waals surface area contributed by atoms with Crippen LogP contribution in [0.1, 0.15) is 17.0 Å². The molecule has 0 atom stereocenters. The summed E-state index contributed by atoms with van der Waals surface area (Å²) in [4.78, 5) is 17.3. The van der Waals surface area contributed by atoms with E-state index in [1.54, 1.807) is 13.0 Å². The standard InChI is InChI=1S/C18H15F3N2O3S/c1-11-13(23-17(25-11)15-7-4-8-27-15)9-16(24)22-10-12-5-2-3-6-14(12)26-18(19,20)21/h2-8H,9-10H2,1H3,(H,22,24). The molecule has 1 amide bonds. The molecule has 9 heteroatoms. The van der Waals surface area contributed by atoms with Crippen LogP contribution in [0.3, 0.4) is 0 Å². The molecule has 0 spiro atoms. The van der Waals surface area contributed by atoms with E-state index in [-0.39, 0.29) is 30.2 Å². The van der Waals surface area contributed by atoms with Crippen molar-refractivity contribution in [1.29, 1.82) is 0 Å². The maximum atomic E-state index is 12.4. The number of carbonyl (C=O) groups excluding carboxylic acids is 1. The zero-order valence-electron chi connectivity index (χ0n) is 14.2. The molecule has 0 saturated carbocycles. The van der Waals surface area contributed by atoms with Gasteiger partial charge in [-0.3, -0.25) is 4.79 Å². The Morgan fingerprint density at radius 3 is 2.74 bits per heavy atom. The second-order valence-electron chi connectivity index (χ2n) is 5.61. The number of benzene rings is 1. The Balaban J connectivity index is 1.63. The predicted molar refractivity (Wildman–Crippen MR) is 93.2 cm³/mol. The monoisotopic (exact) mass is 396 g/mol. The molecule has 0 aliphatic heterocycles. The van der Waals surface area contributed by atoms with Crippen LogP contribution in [0.4, 0.5) is 13.2 Å². The fourth-order valence-corrected chi connectivity index (χ4v) is 3.03. The van der Waals surface area contributed by atoms with Gasteiger partial charge in [0.2, 0.25) is 11.8 Å². The first kappa shape index (κ1) is 19.0. The van der Waals surface area contributed by atoms with Crippen molar-refractivity contribution in [2.45, 2.75) is 26.3 Å². The van der Waals surface area contributed by atoms with E-state index in [0.29, 0.717) is 17.3 Å². The summed E-state index contributed by atoms with van der Waals surface area (Å²) in [6.45, 7) is 1.61. The van der Waals surface area contributed by atoms with Crippen LogP contribution in [0, 0.1) is 6.92 Å². The summed E-state index contributed by atoms with van der Waals surface area (Å²) in [6, 6.07) is 9.38. The number of aromatic nitrogens is 1. The van der Waals surface area contributed by atoms with Crippen LogP contribution >= 0.6 is 11.3 Å². The minimum Gasteiger partial charge on any atom is -0.440 e. The van der Waals surface area contributed by atoms with E-state index < -0.39 is 6.36 Å². The number of nitrogens with zero attached hydrogens (tertiary/aromatic N) is 1. The van der Waals surface area contributed by atoms with Gasteiger partial charge in [-0.05, 0) is 24.4 Å². The van der Waals surface area contributed by atoms with Crippen molar-refractivity contribution >= 4 is 17.2 Å². The van der Waals surface area contributed by atoms with E-state index >= 15 is 0 Å². The molecule has 3 rings (SSSR count). The second kappa shape index (κ2) is 7.83. The Kier molecular flexibility index (Phi) is 5.50. The van der Waals surface area contributed by atoms with Gasteiger partial charge in [0, 0.05) is 12.1 Å². The predicted octanol–water partition coefficient (Wildman–Crippen LogP) is 4.47. The molecule has 0 unspecified atom stereocenters. The fraction of sp³-hybridized carbons (Fsp3) is 0.222. The molecule has 142 valence electrons. The zero-order valence-corrected chi connectivity index (χ0v) is 15.0. The van der Waals surface area contributed by atoms with E-state index in [9.17, 15) is 18.0 Å². The Morgan fingerprint density at radius 1 is 1.26 bits per heavy atom. The number of amides is 1. The topological polar surface area (TPSA) is 64.4 Å². The van der Waals surface area contributed by atoms with E-state index in [1.807, 2.05) is 17.5 Å². The Morgan fingerprint density at radius 2 is 2.04 bits per heavy atom. The van der Waals surface area contributed by atoms with Crippen LogP contribution in [-0.4, -0.2) is 17.3 Å². The average molecular weight is 396 g/mol. The molecule has 0 radical (unpaired) electrons. The Hall–Kier alpha value is -2.81. The van der Waals surface area contributed by atoms with Gasteiger partial charge in [-0.2, -0.15) is 0 Å². The second-order valence-corrected chi connectivity index (χ2v) is 6.56. The molecule has 27 heavy (non-hydrogen) atoms. The molecule has 0 bridgehead atoms. The van der Waals surface area contributed by atoms with Crippen LogP contribution in [0.15, 0.2) is 46.2 Å². The van der Waals surface area contributed by atoms with Gasteiger partial charge in [0.25, 0.3) is 0 Å². The number of hydrogen-bond donors (Lipinski definition) is 1. The normalized spacial score (nSPS) is 11.4. The number of oxazole rings is 1. The number of thiophene rings is 1. The molecule has 2 heterocycles.